The summed E-state index contributed by atoms with van der Waals surface area (Å²) in [6.07, 6.45) is 2.23. The standard InChI is InChI=1S/C24H23FN4O5S/c25-19-11-18(21(30)27-13-16-3-1-15(12-26)2-4-16)22(31)29-10-9-28(23(32)20(19)29)14-24(7-8-24)35(33,34)17-5-6-17/h1-4,11,17H,5-10,13-14H2,(H,27,30). The van der Waals surface area contributed by atoms with Crippen LogP contribution in [0.3, 0.4) is 0 Å². The molecule has 5 rings (SSSR count). The number of benzene rings is 1. The maximum atomic E-state index is 15.0. The van der Waals surface area contributed by atoms with E-state index >= 15 is 4.39 Å². The highest BCUT2D eigenvalue weighted by Gasteiger charge is 2.60. The van der Waals surface area contributed by atoms with Gasteiger partial charge in [0, 0.05) is 26.2 Å². The Morgan fingerprint density at radius 2 is 1.86 bits per heavy atom. The van der Waals surface area contributed by atoms with Gasteiger partial charge in [-0.3, -0.25) is 19.0 Å². The zero-order valence-electron chi connectivity index (χ0n) is 18.8. The Hall–Kier alpha value is -3.52. The molecule has 2 heterocycles. The van der Waals surface area contributed by atoms with Crippen molar-refractivity contribution in [3.63, 3.8) is 0 Å². The van der Waals surface area contributed by atoms with Gasteiger partial charge in [0.15, 0.2) is 15.7 Å². The molecular weight excluding hydrogens is 475 g/mol. The van der Waals surface area contributed by atoms with Crippen LogP contribution in [0.2, 0.25) is 0 Å². The van der Waals surface area contributed by atoms with E-state index in [4.69, 9.17) is 5.26 Å². The third-order valence-corrected chi connectivity index (χ3v) is 10.1. The van der Waals surface area contributed by atoms with Crippen molar-refractivity contribution in [2.24, 2.45) is 0 Å². The molecule has 0 radical (unpaired) electrons. The van der Waals surface area contributed by atoms with Crippen LogP contribution >= 0.6 is 0 Å². The van der Waals surface area contributed by atoms with E-state index in [1.807, 2.05) is 6.07 Å². The van der Waals surface area contributed by atoms with E-state index in [9.17, 15) is 22.8 Å². The Bertz CT molecular complexity index is 1430. The van der Waals surface area contributed by atoms with Crippen LogP contribution in [0.4, 0.5) is 4.39 Å². The van der Waals surface area contributed by atoms with E-state index in [1.54, 1.807) is 24.3 Å². The van der Waals surface area contributed by atoms with Crippen LogP contribution in [0.25, 0.3) is 0 Å². The van der Waals surface area contributed by atoms with Gasteiger partial charge in [-0.25, -0.2) is 12.8 Å². The minimum Gasteiger partial charge on any atom is -0.348 e. The number of rotatable bonds is 7. The number of fused-ring (bicyclic) bond motifs is 1. The third kappa shape index (κ3) is 4.01. The number of carbonyl (C=O) groups is 2. The largest absolute Gasteiger partial charge is 0.348 e. The quantitative estimate of drug-likeness (QED) is 0.614. The minimum absolute atomic E-state index is 0.00880. The second-order valence-corrected chi connectivity index (χ2v) is 12.0. The molecule has 1 N–H and O–H groups in total. The second-order valence-electron chi connectivity index (χ2n) is 9.36. The number of hydrogen-bond acceptors (Lipinski definition) is 6. The lowest BCUT2D eigenvalue weighted by Gasteiger charge is -2.32. The van der Waals surface area contributed by atoms with Crippen molar-refractivity contribution >= 4 is 21.7 Å². The summed E-state index contributed by atoms with van der Waals surface area (Å²) in [5.41, 5.74) is -0.498. The predicted molar refractivity (Wildman–Crippen MR) is 123 cm³/mol. The summed E-state index contributed by atoms with van der Waals surface area (Å²) in [6.45, 7) is 0.0826. The van der Waals surface area contributed by atoms with Crippen molar-refractivity contribution in [2.45, 2.75) is 48.8 Å². The first kappa shape index (κ1) is 23.2. The Kier molecular flexibility index (Phi) is 5.51. The Labute approximate surface area is 201 Å². The Morgan fingerprint density at radius 1 is 1.17 bits per heavy atom. The van der Waals surface area contributed by atoms with Crippen LogP contribution in [0.15, 0.2) is 35.1 Å². The molecule has 2 aromatic rings. The van der Waals surface area contributed by atoms with Crippen LogP contribution in [0, 0.1) is 17.1 Å². The second kappa shape index (κ2) is 8.30. The molecule has 0 bridgehead atoms. The number of aromatic nitrogens is 1. The molecule has 0 saturated heterocycles. The van der Waals surface area contributed by atoms with E-state index in [2.05, 4.69) is 5.32 Å². The first-order chi connectivity index (χ1) is 16.7. The molecule has 9 nitrogen and oxygen atoms in total. The van der Waals surface area contributed by atoms with Gasteiger partial charge >= 0.3 is 0 Å². The molecule has 182 valence electrons. The van der Waals surface area contributed by atoms with Crippen LogP contribution in [-0.4, -0.2) is 52.8 Å². The van der Waals surface area contributed by atoms with Gasteiger partial charge in [0.05, 0.1) is 21.6 Å². The first-order valence-corrected chi connectivity index (χ1v) is 12.9. The van der Waals surface area contributed by atoms with Gasteiger partial charge in [-0.1, -0.05) is 12.1 Å². The number of hydrogen-bond donors (Lipinski definition) is 1. The average Bonchev–Trinajstić information content (AvgIpc) is 3.75. The van der Waals surface area contributed by atoms with Crippen molar-refractivity contribution in [1.82, 2.24) is 14.8 Å². The van der Waals surface area contributed by atoms with Gasteiger partial charge in [0.2, 0.25) is 0 Å². The fourth-order valence-electron chi connectivity index (χ4n) is 4.58. The summed E-state index contributed by atoms with van der Waals surface area (Å²) in [7, 11) is -3.35. The lowest BCUT2D eigenvalue weighted by Crippen LogP contribution is -2.51. The number of carbonyl (C=O) groups excluding carboxylic acids is 2. The molecule has 1 aliphatic heterocycles. The highest BCUT2D eigenvalue weighted by atomic mass is 32.2. The Balaban J connectivity index is 1.34. The molecule has 0 atom stereocenters. The number of amides is 2. The van der Waals surface area contributed by atoms with E-state index in [0.29, 0.717) is 36.8 Å². The van der Waals surface area contributed by atoms with Crippen LogP contribution in [-0.2, 0) is 22.9 Å². The number of nitriles is 1. The van der Waals surface area contributed by atoms with E-state index in [0.717, 1.165) is 10.6 Å². The summed E-state index contributed by atoms with van der Waals surface area (Å²) in [5, 5.41) is 11.1. The summed E-state index contributed by atoms with van der Waals surface area (Å²) in [4.78, 5) is 39.9. The number of sulfone groups is 1. The lowest BCUT2D eigenvalue weighted by atomic mass is 10.1. The minimum atomic E-state index is -3.35. The van der Waals surface area contributed by atoms with Crippen LogP contribution in [0.1, 0.15) is 57.7 Å². The molecule has 0 unspecified atom stereocenters. The fourth-order valence-corrected chi connectivity index (χ4v) is 7.05. The summed E-state index contributed by atoms with van der Waals surface area (Å²) in [5.74, 6) is -2.53. The van der Waals surface area contributed by atoms with Crippen LogP contribution < -0.4 is 10.9 Å². The smallest absolute Gasteiger partial charge is 0.273 e. The highest BCUT2D eigenvalue weighted by molar-refractivity contribution is 7.94. The normalized spacial score (nSPS) is 18.5. The van der Waals surface area contributed by atoms with Gasteiger partial charge in [-0.2, -0.15) is 5.26 Å². The van der Waals surface area contributed by atoms with E-state index in [1.165, 1.54) is 4.90 Å². The summed E-state index contributed by atoms with van der Waals surface area (Å²) < 4.78 is 40.6. The molecule has 1 aromatic heterocycles. The van der Waals surface area contributed by atoms with Crippen molar-refractivity contribution in [2.75, 3.05) is 13.1 Å². The first-order valence-electron chi connectivity index (χ1n) is 11.4. The molecule has 0 spiro atoms. The average molecular weight is 499 g/mol. The topological polar surface area (TPSA) is 129 Å². The highest BCUT2D eigenvalue weighted by Crippen LogP contribution is 2.50. The van der Waals surface area contributed by atoms with Crippen molar-refractivity contribution < 1.29 is 22.4 Å². The maximum absolute atomic E-state index is 15.0. The predicted octanol–water partition coefficient (Wildman–Crippen LogP) is 1.35. The van der Waals surface area contributed by atoms with E-state index < -0.39 is 49.0 Å². The van der Waals surface area contributed by atoms with Gasteiger partial charge in [-0.05, 0) is 49.4 Å². The van der Waals surface area contributed by atoms with Crippen molar-refractivity contribution in [1.29, 1.82) is 5.26 Å². The number of pyridine rings is 1. The van der Waals surface area contributed by atoms with Gasteiger partial charge in [0.25, 0.3) is 17.4 Å². The molecule has 35 heavy (non-hydrogen) atoms. The monoisotopic (exact) mass is 498 g/mol. The van der Waals surface area contributed by atoms with Gasteiger partial charge in [0.1, 0.15) is 11.3 Å². The molecule has 3 aliphatic rings. The summed E-state index contributed by atoms with van der Waals surface area (Å²) in [6, 6.07) is 9.25. The molecule has 11 heteroatoms. The fraction of sp³-hybridized carbons (Fsp3) is 0.417. The zero-order chi connectivity index (χ0) is 25.0. The van der Waals surface area contributed by atoms with Gasteiger partial charge < -0.3 is 10.2 Å². The summed E-state index contributed by atoms with van der Waals surface area (Å²) >= 11 is 0. The van der Waals surface area contributed by atoms with Gasteiger partial charge in [-0.15, -0.1) is 0 Å². The zero-order valence-corrected chi connectivity index (χ0v) is 19.6. The molecular formula is C24H23FN4O5S. The maximum Gasteiger partial charge on any atom is 0.273 e. The lowest BCUT2D eigenvalue weighted by molar-refractivity contribution is 0.0686. The molecule has 2 aliphatic carbocycles. The molecule has 2 fully saturated rings. The third-order valence-electron chi connectivity index (χ3n) is 6.96. The molecule has 2 amide bonds. The van der Waals surface area contributed by atoms with Crippen molar-refractivity contribution in [3.8, 4) is 6.07 Å². The van der Waals surface area contributed by atoms with E-state index in [-0.39, 0.29) is 31.4 Å². The molecule has 1 aromatic carbocycles. The Morgan fingerprint density at radius 3 is 2.46 bits per heavy atom. The molecule has 2 saturated carbocycles. The number of nitrogens with zero attached hydrogens (tertiary/aromatic N) is 3. The number of halogens is 1. The SMILES string of the molecule is N#Cc1ccc(CNC(=O)c2cc(F)c3n(c2=O)CCN(CC2(S(=O)(=O)C4CC4)CC2)C3=O)cc1. The van der Waals surface area contributed by atoms with Crippen LogP contribution in [0.5, 0.6) is 0 Å². The number of nitrogens with one attached hydrogen (secondary N) is 1. The van der Waals surface area contributed by atoms with Crippen molar-refractivity contribution in [3.05, 3.63) is 68.9 Å².